The van der Waals surface area contributed by atoms with Crippen LogP contribution < -0.4 is 21.3 Å². The van der Waals surface area contributed by atoms with Crippen molar-refractivity contribution in [2.24, 2.45) is 16.8 Å². The molecule has 6 rings (SSSR count). The highest BCUT2D eigenvalue weighted by Crippen LogP contribution is 2.34. The van der Waals surface area contributed by atoms with Crippen LogP contribution in [0.25, 0.3) is 11.4 Å². The number of aromatic amines is 1. The molecule has 0 spiro atoms. The molecule has 0 bridgehead atoms. The zero-order valence-corrected chi connectivity index (χ0v) is 32.4. The summed E-state index contributed by atoms with van der Waals surface area (Å²) in [4.78, 5) is 57.4. The molecule has 1 aromatic heterocycles. The number of carbonyl (C=O) groups excluding carboxylic acids is 3. The van der Waals surface area contributed by atoms with Gasteiger partial charge in [0.15, 0.2) is 0 Å². The van der Waals surface area contributed by atoms with E-state index in [1.807, 2.05) is 45.0 Å². The number of carbonyl (C=O) groups is 4. The van der Waals surface area contributed by atoms with Crippen LogP contribution in [0.5, 0.6) is 0 Å². The molecule has 16 nitrogen and oxygen atoms in total. The molecule has 0 radical (unpaired) electrons. The predicted molar refractivity (Wildman–Crippen MR) is 210 cm³/mol. The Morgan fingerprint density at radius 3 is 2.43 bits per heavy atom. The zero-order chi connectivity index (χ0) is 39.9. The number of benzene rings is 2. The highest BCUT2D eigenvalue weighted by atomic mass is 16.6. The maximum Gasteiger partial charge on any atom is 0.407 e. The number of alkyl carbamates (subject to hydrolysis) is 1. The maximum atomic E-state index is 13.9. The second kappa shape index (κ2) is 17.4. The fourth-order valence-electron chi connectivity index (χ4n) is 7.48. The number of allylic oxidation sites excluding steroid dienone is 1. The van der Waals surface area contributed by atoms with E-state index in [-0.39, 0.29) is 41.5 Å². The van der Waals surface area contributed by atoms with E-state index in [1.165, 1.54) is 4.90 Å². The van der Waals surface area contributed by atoms with Crippen LogP contribution in [-0.4, -0.2) is 104 Å². The van der Waals surface area contributed by atoms with E-state index < -0.39 is 23.8 Å². The van der Waals surface area contributed by atoms with Gasteiger partial charge in [-0.05, 0) is 93.0 Å². The Morgan fingerprint density at radius 1 is 1.04 bits per heavy atom. The van der Waals surface area contributed by atoms with Gasteiger partial charge in [0.25, 0.3) is 0 Å². The lowest BCUT2D eigenvalue weighted by Crippen LogP contribution is -2.56. The molecule has 16 heteroatoms. The van der Waals surface area contributed by atoms with Gasteiger partial charge in [-0.15, -0.1) is 10.2 Å². The minimum atomic E-state index is -0.930. The smallest absolute Gasteiger partial charge is 0.407 e. The molecule has 2 aromatic carbocycles. The molecule has 3 aliphatic rings. The molecule has 3 aromatic rings. The number of tetrazole rings is 1. The van der Waals surface area contributed by atoms with Gasteiger partial charge in [-0.3, -0.25) is 14.6 Å². The number of rotatable bonds is 11. The summed E-state index contributed by atoms with van der Waals surface area (Å²) in [6, 6.07) is 14.1. The summed E-state index contributed by atoms with van der Waals surface area (Å²) in [5.74, 6) is -0.0972. The van der Waals surface area contributed by atoms with E-state index in [2.05, 4.69) is 59.9 Å². The SMILES string of the molecule is CC(C)(C)OC(=O)NCC1CCC(C(=O)N[C@@H](Cc2ccc(C3(C)C=CN=C(C4CN(C(=O)O)CCN4)C3)cc2)C(=O)Nc2ccc(-c3nn[nH]n3)cc2)CC1. The van der Waals surface area contributed by atoms with Crippen LogP contribution in [-0.2, 0) is 26.2 Å². The van der Waals surface area contributed by atoms with E-state index in [1.54, 1.807) is 30.5 Å². The second-order valence-corrected chi connectivity index (χ2v) is 16.1. The number of nitrogens with one attached hydrogen (secondary N) is 5. The lowest BCUT2D eigenvalue weighted by atomic mass is 9.75. The Bertz CT molecular complexity index is 1900. The molecule has 56 heavy (non-hydrogen) atoms. The van der Waals surface area contributed by atoms with Gasteiger partial charge in [-0.1, -0.05) is 37.3 Å². The van der Waals surface area contributed by atoms with Gasteiger partial charge in [0, 0.05) is 73.5 Å². The first-order valence-corrected chi connectivity index (χ1v) is 19.2. The molecule has 298 valence electrons. The number of amides is 4. The fourth-order valence-corrected chi connectivity index (χ4v) is 7.48. The highest BCUT2D eigenvalue weighted by molar-refractivity contribution is 5.98. The molecule has 4 amide bonds. The predicted octanol–water partition coefficient (Wildman–Crippen LogP) is 4.43. The van der Waals surface area contributed by atoms with Gasteiger partial charge >= 0.3 is 12.2 Å². The molecule has 2 fully saturated rings. The van der Waals surface area contributed by atoms with E-state index in [0.29, 0.717) is 57.0 Å². The Balaban J connectivity index is 1.11. The molecule has 6 N–H and O–H groups in total. The normalized spacial score (nSPS) is 23.0. The van der Waals surface area contributed by atoms with Crippen molar-refractivity contribution in [2.75, 3.05) is 31.5 Å². The molecule has 3 atom stereocenters. The summed E-state index contributed by atoms with van der Waals surface area (Å²) in [5, 5.41) is 35.9. The Morgan fingerprint density at radius 2 is 1.77 bits per heavy atom. The topological polar surface area (TPSA) is 216 Å². The third-order valence-corrected chi connectivity index (χ3v) is 10.7. The molecule has 3 heterocycles. The maximum absolute atomic E-state index is 13.9. The van der Waals surface area contributed by atoms with E-state index >= 15 is 0 Å². The molecule has 1 saturated heterocycles. The van der Waals surface area contributed by atoms with Gasteiger partial charge in [0.05, 0.1) is 6.04 Å². The summed E-state index contributed by atoms with van der Waals surface area (Å²) in [6.45, 7) is 9.44. The zero-order valence-electron chi connectivity index (χ0n) is 32.4. The average Bonchev–Trinajstić information content (AvgIpc) is 3.72. The first kappa shape index (κ1) is 40.0. The van der Waals surface area contributed by atoms with E-state index in [9.17, 15) is 24.3 Å². The summed E-state index contributed by atoms with van der Waals surface area (Å²) >= 11 is 0. The number of anilines is 1. The molecule has 2 aliphatic heterocycles. The third-order valence-electron chi connectivity index (χ3n) is 10.7. The monoisotopic (exact) mass is 768 g/mol. The number of H-pyrrole nitrogens is 1. The Kier molecular flexibility index (Phi) is 12.5. The standard InChI is InChI=1S/C40H52N10O6/c1-39(2,3)56-37(53)43-23-26-5-9-28(10-6-26)35(51)45-31(36(52)44-30-15-11-27(12-16-30)34-46-48-49-47-34)21-25-7-13-29(14-8-25)40(4)17-18-41-32(22-40)33-24-50(38(54)55)20-19-42-33/h7-8,11-18,26,28,31,33,42H,5-6,9-10,19-24H2,1-4H3,(H,43,53)(H,44,52)(H,45,51)(H,54,55)(H,46,47,48,49)/t26?,28?,31-,33?,40?/m0/s1. The molecule has 1 aliphatic carbocycles. The summed E-state index contributed by atoms with van der Waals surface area (Å²) < 4.78 is 5.36. The van der Waals surface area contributed by atoms with Crippen molar-refractivity contribution in [1.82, 2.24) is 41.5 Å². The number of aromatic nitrogens is 4. The van der Waals surface area contributed by atoms with Crippen molar-refractivity contribution in [3.05, 3.63) is 71.9 Å². The average molecular weight is 769 g/mol. The number of nitrogens with zero attached hydrogens (tertiary/aromatic N) is 5. The van der Waals surface area contributed by atoms with Gasteiger partial charge in [-0.25, -0.2) is 9.59 Å². The molecular weight excluding hydrogens is 717 g/mol. The van der Waals surface area contributed by atoms with Crippen molar-refractivity contribution in [3.8, 4) is 11.4 Å². The molecular formula is C40H52N10O6. The van der Waals surface area contributed by atoms with E-state index in [4.69, 9.17) is 4.74 Å². The number of ether oxygens (including phenoxy) is 1. The largest absolute Gasteiger partial charge is 0.465 e. The number of hydrogen-bond acceptors (Lipinski definition) is 10. The van der Waals surface area contributed by atoms with Gasteiger partial charge in [0.1, 0.15) is 11.6 Å². The summed E-state index contributed by atoms with van der Waals surface area (Å²) in [5.41, 5.74) is 3.18. The second-order valence-electron chi connectivity index (χ2n) is 16.1. The minimum absolute atomic E-state index is 0.162. The number of hydrogen-bond donors (Lipinski definition) is 6. The number of carboxylic acid groups (broad SMARTS) is 1. The van der Waals surface area contributed by atoms with E-state index in [0.717, 1.165) is 35.2 Å². The van der Waals surface area contributed by atoms with Crippen molar-refractivity contribution in [2.45, 2.75) is 89.3 Å². The Labute approximate surface area is 326 Å². The first-order valence-electron chi connectivity index (χ1n) is 19.2. The molecule has 2 unspecified atom stereocenters. The van der Waals surface area contributed by atoms with Crippen molar-refractivity contribution in [1.29, 1.82) is 0 Å². The van der Waals surface area contributed by atoms with Crippen LogP contribution in [0.3, 0.4) is 0 Å². The summed E-state index contributed by atoms with van der Waals surface area (Å²) in [6.07, 6.45) is 6.21. The molecule has 1 saturated carbocycles. The van der Waals surface area contributed by atoms with Crippen LogP contribution in [0.1, 0.15) is 70.9 Å². The van der Waals surface area contributed by atoms with Crippen LogP contribution in [0.15, 0.2) is 65.8 Å². The van der Waals surface area contributed by atoms with Gasteiger partial charge in [-0.2, -0.15) is 5.21 Å². The van der Waals surface area contributed by atoms with Crippen molar-refractivity contribution < 1.29 is 29.0 Å². The van der Waals surface area contributed by atoms with Crippen molar-refractivity contribution >= 4 is 35.4 Å². The van der Waals surface area contributed by atoms with Crippen LogP contribution >= 0.6 is 0 Å². The minimum Gasteiger partial charge on any atom is -0.465 e. The van der Waals surface area contributed by atoms with Gasteiger partial charge in [0.2, 0.25) is 17.6 Å². The fraction of sp³-hybridized carbons (Fsp3) is 0.500. The highest BCUT2D eigenvalue weighted by Gasteiger charge is 2.35. The number of aliphatic imine (C=N–C) groups is 1. The van der Waals surface area contributed by atoms with Crippen LogP contribution in [0, 0.1) is 11.8 Å². The lowest BCUT2D eigenvalue weighted by Gasteiger charge is -2.37. The van der Waals surface area contributed by atoms with Crippen molar-refractivity contribution in [3.63, 3.8) is 0 Å². The third kappa shape index (κ3) is 10.6. The Hall–Kier alpha value is -5.64. The number of piperazine rings is 1. The van der Waals surface area contributed by atoms with Crippen LogP contribution in [0.4, 0.5) is 15.3 Å². The lowest BCUT2D eigenvalue weighted by molar-refractivity contribution is -0.130. The summed E-state index contributed by atoms with van der Waals surface area (Å²) in [7, 11) is 0. The quantitative estimate of drug-likeness (QED) is 0.161. The van der Waals surface area contributed by atoms with Gasteiger partial charge < -0.3 is 36.0 Å². The van der Waals surface area contributed by atoms with Crippen LogP contribution in [0.2, 0.25) is 0 Å². The first-order chi connectivity index (χ1) is 26.7.